The molecular weight excluding hydrogens is 454 g/mol. The number of thiazole rings is 1. The third kappa shape index (κ3) is 3.71. The molecule has 1 aromatic carbocycles. The second-order valence-corrected chi connectivity index (χ2v) is 7.40. The van der Waals surface area contributed by atoms with Crippen LogP contribution in [0.2, 0.25) is 25.1 Å². The Morgan fingerprint density at radius 3 is 1.92 bits per heavy atom. The Balaban J connectivity index is 2.50. The molecule has 0 aliphatic carbocycles. The fourth-order valence-corrected chi connectivity index (χ4v) is 3.73. The number of hydrogen-bond acceptors (Lipinski definition) is 3. The highest BCUT2D eigenvalue weighted by molar-refractivity contribution is 7.13. The van der Waals surface area contributed by atoms with Crippen molar-refractivity contribution in [1.82, 2.24) is 4.98 Å². The number of amides is 1. The van der Waals surface area contributed by atoms with Crippen LogP contribution in [0.25, 0.3) is 0 Å². The van der Waals surface area contributed by atoms with Crippen molar-refractivity contribution < 1.29 is 18.0 Å². The maximum Gasteiger partial charge on any atom is 0.435 e. The van der Waals surface area contributed by atoms with Crippen LogP contribution in [-0.2, 0) is 6.18 Å². The summed E-state index contributed by atoms with van der Waals surface area (Å²) in [6.07, 6.45) is -4.79. The smallest absolute Gasteiger partial charge is 0.319 e. The van der Waals surface area contributed by atoms with Gasteiger partial charge in [-0.05, 0) is 6.92 Å². The first kappa shape index (κ1) is 19.9. The van der Waals surface area contributed by atoms with E-state index in [0.29, 0.717) is 11.3 Å². The first-order valence-electron chi connectivity index (χ1n) is 5.82. The van der Waals surface area contributed by atoms with Gasteiger partial charge in [-0.3, -0.25) is 4.79 Å². The average molecular weight is 459 g/mol. The SMILES string of the molecule is Cc1nc(C(F)(F)F)c(C(=O)Nc2c(Cl)c(Cl)c(Cl)c(Cl)c2Cl)s1. The number of carbonyl (C=O) groups excluding carboxylic acids is 1. The molecule has 0 saturated heterocycles. The maximum atomic E-state index is 13.0. The summed E-state index contributed by atoms with van der Waals surface area (Å²) in [6, 6.07) is 0. The van der Waals surface area contributed by atoms with Gasteiger partial charge in [0.25, 0.3) is 5.91 Å². The van der Waals surface area contributed by atoms with Crippen molar-refractivity contribution in [1.29, 1.82) is 0 Å². The number of nitrogens with one attached hydrogen (secondary N) is 1. The molecule has 1 aromatic heterocycles. The summed E-state index contributed by atoms with van der Waals surface area (Å²) in [6.45, 7) is 1.34. The summed E-state index contributed by atoms with van der Waals surface area (Å²) in [5, 5.41) is 1.20. The van der Waals surface area contributed by atoms with Gasteiger partial charge in [0.05, 0.1) is 35.8 Å². The molecule has 1 heterocycles. The number of aromatic nitrogens is 1. The lowest BCUT2D eigenvalue weighted by atomic mass is 10.2. The van der Waals surface area contributed by atoms with E-state index in [9.17, 15) is 18.0 Å². The molecule has 1 amide bonds. The van der Waals surface area contributed by atoms with E-state index in [1.165, 1.54) is 6.92 Å². The molecule has 0 bridgehead atoms. The monoisotopic (exact) mass is 456 g/mol. The van der Waals surface area contributed by atoms with Gasteiger partial charge in [0.2, 0.25) is 0 Å². The third-order valence-electron chi connectivity index (χ3n) is 2.66. The van der Waals surface area contributed by atoms with Gasteiger partial charge in [-0.15, -0.1) is 11.3 Å². The van der Waals surface area contributed by atoms with E-state index in [1.807, 2.05) is 0 Å². The zero-order valence-electron chi connectivity index (χ0n) is 11.3. The highest BCUT2D eigenvalue weighted by atomic mass is 35.5. The molecule has 1 N–H and O–H groups in total. The molecule has 2 rings (SSSR count). The van der Waals surface area contributed by atoms with Crippen molar-refractivity contribution in [3.63, 3.8) is 0 Å². The van der Waals surface area contributed by atoms with Crippen molar-refractivity contribution in [2.75, 3.05) is 5.32 Å². The normalized spacial score (nSPS) is 11.7. The van der Waals surface area contributed by atoms with Crippen LogP contribution in [0.5, 0.6) is 0 Å². The Labute approximate surface area is 162 Å². The van der Waals surface area contributed by atoms with E-state index in [-0.39, 0.29) is 35.8 Å². The fourth-order valence-electron chi connectivity index (χ4n) is 1.66. The van der Waals surface area contributed by atoms with Gasteiger partial charge < -0.3 is 5.32 Å². The number of rotatable bonds is 2. The number of alkyl halides is 3. The molecule has 130 valence electrons. The van der Waals surface area contributed by atoms with E-state index >= 15 is 0 Å². The molecule has 0 unspecified atom stereocenters. The maximum absolute atomic E-state index is 13.0. The van der Waals surface area contributed by atoms with Crippen LogP contribution in [0.3, 0.4) is 0 Å². The summed E-state index contributed by atoms with van der Waals surface area (Å²) in [7, 11) is 0. The highest BCUT2D eigenvalue weighted by Gasteiger charge is 2.39. The standard InChI is InChI=1S/C12H4Cl5F3N2OS/c1-2-21-10(12(18,19)20)9(24-2)11(23)22-8-6(16)4(14)3(13)5(15)7(8)17/h1H3,(H,22,23). The molecule has 0 aliphatic heterocycles. The van der Waals surface area contributed by atoms with Gasteiger partial charge in [0.1, 0.15) is 4.88 Å². The average Bonchev–Trinajstić information content (AvgIpc) is 2.89. The molecule has 2 aromatic rings. The molecule has 0 fully saturated rings. The predicted octanol–water partition coefficient (Wildman–Crippen LogP) is 6.99. The van der Waals surface area contributed by atoms with Gasteiger partial charge in [0.15, 0.2) is 5.69 Å². The van der Waals surface area contributed by atoms with Gasteiger partial charge in [-0.25, -0.2) is 4.98 Å². The van der Waals surface area contributed by atoms with Crippen molar-refractivity contribution in [3.05, 3.63) is 40.7 Å². The summed E-state index contributed by atoms with van der Waals surface area (Å²) < 4.78 is 38.9. The Bertz CT molecular complexity index is 808. The number of anilines is 1. The molecule has 0 saturated carbocycles. The van der Waals surface area contributed by atoms with E-state index in [1.54, 1.807) is 0 Å². The number of hydrogen-bond donors (Lipinski definition) is 1. The third-order valence-corrected chi connectivity index (χ3v) is 5.90. The van der Waals surface area contributed by atoms with Gasteiger partial charge in [-0.2, -0.15) is 13.2 Å². The van der Waals surface area contributed by atoms with E-state index < -0.39 is 22.7 Å². The molecule has 24 heavy (non-hydrogen) atoms. The fraction of sp³-hybridized carbons (Fsp3) is 0.167. The molecule has 12 heteroatoms. The topological polar surface area (TPSA) is 42.0 Å². The molecule has 0 spiro atoms. The number of aryl methyl sites for hydroxylation is 1. The summed E-state index contributed by atoms with van der Waals surface area (Å²) in [5.74, 6) is -1.11. The quantitative estimate of drug-likeness (QED) is 0.389. The van der Waals surface area contributed by atoms with Crippen LogP contribution in [0.1, 0.15) is 20.4 Å². The largest absolute Gasteiger partial charge is 0.435 e. The van der Waals surface area contributed by atoms with Crippen LogP contribution in [0.4, 0.5) is 18.9 Å². The van der Waals surface area contributed by atoms with Crippen LogP contribution >= 0.6 is 69.3 Å². The van der Waals surface area contributed by atoms with E-state index in [4.69, 9.17) is 58.0 Å². The Morgan fingerprint density at radius 1 is 1.00 bits per heavy atom. The van der Waals surface area contributed by atoms with Crippen molar-refractivity contribution in [3.8, 4) is 0 Å². The minimum Gasteiger partial charge on any atom is -0.319 e. The number of carbonyl (C=O) groups is 1. The highest BCUT2D eigenvalue weighted by Crippen LogP contribution is 2.47. The zero-order chi connectivity index (χ0) is 18.4. The lowest BCUT2D eigenvalue weighted by Crippen LogP contribution is -2.17. The summed E-state index contributed by atoms with van der Waals surface area (Å²) in [4.78, 5) is 14.9. The van der Waals surface area contributed by atoms with Crippen LogP contribution < -0.4 is 5.32 Å². The van der Waals surface area contributed by atoms with Crippen LogP contribution in [0, 0.1) is 6.92 Å². The molecule has 3 nitrogen and oxygen atoms in total. The number of benzene rings is 1. The first-order chi connectivity index (χ1) is 10.9. The summed E-state index contributed by atoms with van der Waals surface area (Å²) in [5.41, 5.74) is -1.55. The number of halogens is 8. The second kappa shape index (κ2) is 7.05. The van der Waals surface area contributed by atoms with Crippen molar-refractivity contribution >= 4 is 80.9 Å². The van der Waals surface area contributed by atoms with Gasteiger partial charge in [-0.1, -0.05) is 58.0 Å². The van der Waals surface area contributed by atoms with Gasteiger partial charge >= 0.3 is 6.18 Å². The van der Waals surface area contributed by atoms with E-state index in [2.05, 4.69) is 10.3 Å². The lowest BCUT2D eigenvalue weighted by molar-refractivity contribution is -0.141. The van der Waals surface area contributed by atoms with Crippen molar-refractivity contribution in [2.45, 2.75) is 13.1 Å². The number of nitrogens with zero attached hydrogens (tertiary/aromatic N) is 1. The zero-order valence-corrected chi connectivity index (χ0v) is 15.9. The minimum absolute atomic E-state index is 0.0665. The van der Waals surface area contributed by atoms with Crippen LogP contribution in [-0.4, -0.2) is 10.9 Å². The van der Waals surface area contributed by atoms with Crippen LogP contribution in [0.15, 0.2) is 0 Å². The molecule has 0 aliphatic rings. The summed E-state index contributed by atoms with van der Waals surface area (Å²) >= 11 is 29.9. The lowest BCUT2D eigenvalue weighted by Gasteiger charge is -2.13. The second-order valence-electron chi connectivity index (χ2n) is 4.31. The Hall–Kier alpha value is -0.440. The Morgan fingerprint density at radius 2 is 1.46 bits per heavy atom. The molecule has 0 atom stereocenters. The minimum atomic E-state index is -4.79. The van der Waals surface area contributed by atoms with Crippen molar-refractivity contribution in [2.24, 2.45) is 0 Å². The van der Waals surface area contributed by atoms with Gasteiger partial charge in [0, 0.05) is 0 Å². The van der Waals surface area contributed by atoms with E-state index in [0.717, 1.165) is 0 Å². The Kier molecular flexibility index (Phi) is 5.84. The predicted molar refractivity (Wildman–Crippen MR) is 91.3 cm³/mol. The molecule has 0 radical (unpaired) electrons. The first-order valence-corrected chi connectivity index (χ1v) is 8.53. The molecular formula is C12H4Cl5F3N2OS.